The van der Waals surface area contributed by atoms with Crippen LogP contribution in [0.1, 0.15) is 24.2 Å². The summed E-state index contributed by atoms with van der Waals surface area (Å²) in [5.41, 5.74) is 1.97. The molecule has 0 amide bonds. The number of hydrogen-bond acceptors (Lipinski definition) is 2. The van der Waals surface area contributed by atoms with Crippen LogP contribution in [0.4, 0.5) is 0 Å². The van der Waals surface area contributed by atoms with Gasteiger partial charge in [-0.15, -0.1) is 0 Å². The molecule has 0 bridgehead atoms. The number of aliphatic hydroxyl groups is 1. The average molecular weight is 166 g/mol. The smallest absolute Gasteiger partial charge is 0.122 e. The number of methoxy groups -OCH3 is 1. The van der Waals surface area contributed by atoms with Gasteiger partial charge in [0.25, 0.3) is 0 Å². The third-order valence-corrected chi connectivity index (χ3v) is 1.91. The van der Waals surface area contributed by atoms with Gasteiger partial charge in [0.1, 0.15) is 5.75 Å². The van der Waals surface area contributed by atoms with Gasteiger partial charge in [0.15, 0.2) is 0 Å². The van der Waals surface area contributed by atoms with Crippen molar-refractivity contribution in [3.8, 4) is 5.75 Å². The van der Waals surface area contributed by atoms with Crippen molar-refractivity contribution in [3.05, 3.63) is 29.3 Å². The van der Waals surface area contributed by atoms with Crippen LogP contribution in [-0.2, 0) is 0 Å². The van der Waals surface area contributed by atoms with Gasteiger partial charge >= 0.3 is 0 Å². The molecule has 1 aromatic carbocycles. The molecule has 12 heavy (non-hydrogen) atoms. The molecule has 2 nitrogen and oxygen atoms in total. The van der Waals surface area contributed by atoms with Crippen LogP contribution < -0.4 is 4.74 Å². The summed E-state index contributed by atoms with van der Waals surface area (Å²) < 4.78 is 5.12. The highest BCUT2D eigenvalue weighted by Gasteiger charge is 2.03. The van der Waals surface area contributed by atoms with Crippen LogP contribution in [0.25, 0.3) is 0 Å². The van der Waals surface area contributed by atoms with Crippen molar-refractivity contribution in [1.82, 2.24) is 0 Å². The van der Waals surface area contributed by atoms with Crippen molar-refractivity contribution in [3.63, 3.8) is 0 Å². The molecule has 1 aromatic rings. The molecule has 0 aliphatic heterocycles. The summed E-state index contributed by atoms with van der Waals surface area (Å²) in [4.78, 5) is 0. The summed E-state index contributed by atoms with van der Waals surface area (Å²) in [6.07, 6.45) is -0.431. The van der Waals surface area contributed by atoms with E-state index >= 15 is 0 Å². The van der Waals surface area contributed by atoms with Crippen molar-refractivity contribution >= 4 is 0 Å². The number of aryl methyl sites for hydroxylation is 1. The van der Waals surface area contributed by atoms with E-state index in [2.05, 4.69) is 0 Å². The fraction of sp³-hybridized carbons (Fsp3) is 0.400. The minimum atomic E-state index is -0.431. The molecule has 0 unspecified atom stereocenters. The SMILES string of the molecule is COc1cc([C@H](C)O)ccc1C. The van der Waals surface area contributed by atoms with Crippen molar-refractivity contribution < 1.29 is 9.84 Å². The molecule has 0 aliphatic rings. The number of rotatable bonds is 2. The maximum absolute atomic E-state index is 9.28. The van der Waals surface area contributed by atoms with Gasteiger partial charge in [-0.1, -0.05) is 12.1 Å². The first-order valence-electron chi connectivity index (χ1n) is 3.97. The largest absolute Gasteiger partial charge is 0.496 e. The maximum Gasteiger partial charge on any atom is 0.122 e. The number of ether oxygens (including phenoxy) is 1. The highest BCUT2D eigenvalue weighted by atomic mass is 16.5. The third-order valence-electron chi connectivity index (χ3n) is 1.91. The van der Waals surface area contributed by atoms with E-state index in [1.165, 1.54) is 0 Å². The Labute approximate surface area is 72.8 Å². The first-order valence-corrected chi connectivity index (χ1v) is 3.97. The zero-order valence-electron chi connectivity index (χ0n) is 7.66. The molecule has 0 saturated carbocycles. The van der Waals surface area contributed by atoms with E-state index in [0.29, 0.717) is 0 Å². The molecule has 0 spiro atoms. The highest BCUT2D eigenvalue weighted by molar-refractivity contribution is 5.37. The van der Waals surface area contributed by atoms with E-state index in [0.717, 1.165) is 16.9 Å². The van der Waals surface area contributed by atoms with Crippen molar-refractivity contribution in [2.24, 2.45) is 0 Å². The molecule has 0 saturated heterocycles. The summed E-state index contributed by atoms with van der Waals surface area (Å²) in [6, 6.07) is 5.71. The second-order valence-electron chi connectivity index (χ2n) is 2.91. The lowest BCUT2D eigenvalue weighted by atomic mass is 10.1. The van der Waals surface area contributed by atoms with E-state index in [1.807, 2.05) is 25.1 Å². The normalized spacial score (nSPS) is 12.7. The van der Waals surface area contributed by atoms with E-state index in [1.54, 1.807) is 14.0 Å². The quantitative estimate of drug-likeness (QED) is 0.728. The summed E-state index contributed by atoms with van der Waals surface area (Å²) in [7, 11) is 1.63. The van der Waals surface area contributed by atoms with Gasteiger partial charge in [-0.05, 0) is 31.0 Å². The summed E-state index contributed by atoms with van der Waals surface area (Å²) in [5.74, 6) is 0.827. The van der Waals surface area contributed by atoms with Crippen molar-refractivity contribution in [2.75, 3.05) is 7.11 Å². The topological polar surface area (TPSA) is 29.5 Å². The number of aliphatic hydroxyl groups excluding tert-OH is 1. The number of hydrogen-bond donors (Lipinski definition) is 1. The van der Waals surface area contributed by atoms with Crippen LogP contribution in [0.3, 0.4) is 0 Å². The molecule has 2 heteroatoms. The monoisotopic (exact) mass is 166 g/mol. The Morgan fingerprint density at radius 2 is 2.08 bits per heavy atom. The fourth-order valence-electron chi connectivity index (χ4n) is 1.10. The zero-order valence-corrected chi connectivity index (χ0v) is 7.66. The zero-order chi connectivity index (χ0) is 9.14. The highest BCUT2D eigenvalue weighted by Crippen LogP contribution is 2.22. The Morgan fingerprint density at radius 1 is 1.42 bits per heavy atom. The Hall–Kier alpha value is -1.02. The Balaban J connectivity index is 3.05. The average Bonchev–Trinajstić information content (AvgIpc) is 2.05. The lowest BCUT2D eigenvalue weighted by molar-refractivity contribution is 0.199. The fourth-order valence-corrected chi connectivity index (χ4v) is 1.10. The van der Waals surface area contributed by atoms with Crippen molar-refractivity contribution in [2.45, 2.75) is 20.0 Å². The predicted octanol–water partition coefficient (Wildman–Crippen LogP) is 2.06. The van der Waals surface area contributed by atoms with E-state index < -0.39 is 6.10 Å². The molecule has 1 atom stereocenters. The van der Waals surface area contributed by atoms with Gasteiger partial charge in [-0.25, -0.2) is 0 Å². The summed E-state index contributed by atoms with van der Waals surface area (Å²) in [6.45, 7) is 3.72. The molecular weight excluding hydrogens is 152 g/mol. The molecule has 0 fully saturated rings. The standard InChI is InChI=1S/C10H14O2/c1-7-4-5-9(8(2)11)6-10(7)12-3/h4-6,8,11H,1-3H3/t8-/m0/s1. The molecule has 0 radical (unpaired) electrons. The van der Waals surface area contributed by atoms with Crippen molar-refractivity contribution in [1.29, 1.82) is 0 Å². The van der Waals surface area contributed by atoms with Gasteiger partial charge in [-0.3, -0.25) is 0 Å². The van der Waals surface area contributed by atoms with Crippen LogP contribution in [-0.4, -0.2) is 12.2 Å². The van der Waals surface area contributed by atoms with E-state index in [4.69, 9.17) is 4.74 Å². The Bertz CT molecular complexity index is 267. The molecule has 0 aromatic heterocycles. The lowest BCUT2D eigenvalue weighted by Crippen LogP contribution is -1.93. The van der Waals surface area contributed by atoms with Gasteiger partial charge in [0.05, 0.1) is 13.2 Å². The number of benzene rings is 1. The van der Waals surface area contributed by atoms with Crippen LogP contribution in [0, 0.1) is 6.92 Å². The van der Waals surface area contributed by atoms with E-state index in [-0.39, 0.29) is 0 Å². The lowest BCUT2D eigenvalue weighted by Gasteiger charge is -2.09. The van der Waals surface area contributed by atoms with Crippen LogP contribution >= 0.6 is 0 Å². The molecule has 0 heterocycles. The summed E-state index contributed by atoms with van der Waals surface area (Å²) >= 11 is 0. The molecule has 66 valence electrons. The van der Waals surface area contributed by atoms with Gasteiger partial charge in [0, 0.05) is 0 Å². The van der Waals surface area contributed by atoms with Gasteiger partial charge in [-0.2, -0.15) is 0 Å². The second-order valence-corrected chi connectivity index (χ2v) is 2.91. The Morgan fingerprint density at radius 3 is 2.58 bits per heavy atom. The maximum atomic E-state index is 9.28. The first kappa shape index (κ1) is 9.07. The van der Waals surface area contributed by atoms with Crippen LogP contribution in [0.5, 0.6) is 5.75 Å². The van der Waals surface area contributed by atoms with E-state index in [9.17, 15) is 5.11 Å². The van der Waals surface area contributed by atoms with Crippen LogP contribution in [0.15, 0.2) is 18.2 Å². The molecular formula is C10H14O2. The minimum Gasteiger partial charge on any atom is -0.496 e. The molecule has 0 aliphatic carbocycles. The predicted molar refractivity (Wildman–Crippen MR) is 48.4 cm³/mol. The first-order chi connectivity index (χ1) is 5.65. The van der Waals surface area contributed by atoms with Crippen LogP contribution in [0.2, 0.25) is 0 Å². The molecule has 1 N–H and O–H groups in total. The van der Waals surface area contributed by atoms with Gasteiger partial charge < -0.3 is 9.84 Å². The second kappa shape index (κ2) is 3.59. The minimum absolute atomic E-state index is 0.431. The van der Waals surface area contributed by atoms with Gasteiger partial charge in [0.2, 0.25) is 0 Å². The summed E-state index contributed by atoms with van der Waals surface area (Å²) in [5, 5.41) is 9.28. The third kappa shape index (κ3) is 1.77. The molecule has 1 rings (SSSR count). The Kier molecular flexibility index (Phi) is 2.71.